The van der Waals surface area contributed by atoms with E-state index < -0.39 is 10.0 Å². The zero-order chi connectivity index (χ0) is 14.9. The van der Waals surface area contributed by atoms with E-state index in [2.05, 4.69) is 18.6 Å². The largest absolute Gasteiger partial charge is 0.241 e. The van der Waals surface area contributed by atoms with Gasteiger partial charge in [-0.2, -0.15) is 0 Å². The highest BCUT2D eigenvalue weighted by Crippen LogP contribution is 2.35. The van der Waals surface area contributed by atoms with Crippen molar-refractivity contribution in [2.45, 2.75) is 55.8 Å². The van der Waals surface area contributed by atoms with Gasteiger partial charge < -0.3 is 0 Å². The fraction of sp³-hybridized carbons (Fsp3) is 0.600. The molecule has 1 aromatic carbocycles. The number of rotatable bonds is 6. The number of benzene rings is 1. The molecule has 0 bridgehead atoms. The lowest BCUT2D eigenvalue weighted by atomic mass is 9.86. The highest BCUT2D eigenvalue weighted by molar-refractivity contribution is 7.89. The summed E-state index contributed by atoms with van der Waals surface area (Å²) >= 11 is 6.30. The van der Waals surface area contributed by atoms with E-state index in [1.807, 2.05) is 19.1 Å². The van der Waals surface area contributed by atoms with E-state index in [1.165, 1.54) is 0 Å². The third-order valence-electron chi connectivity index (χ3n) is 3.68. The minimum Gasteiger partial charge on any atom is -0.208 e. The van der Waals surface area contributed by atoms with E-state index in [1.54, 1.807) is 12.1 Å². The van der Waals surface area contributed by atoms with Gasteiger partial charge in [0.1, 0.15) is 0 Å². The molecule has 0 heterocycles. The Balaban J connectivity index is 2.43. The third kappa shape index (κ3) is 3.54. The molecule has 0 spiro atoms. The first-order valence-corrected chi connectivity index (χ1v) is 9.00. The number of alkyl halides is 1. The van der Waals surface area contributed by atoms with Crippen LogP contribution in [0.1, 0.15) is 45.1 Å². The van der Waals surface area contributed by atoms with Crippen LogP contribution in [0.5, 0.6) is 0 Å². The van der Waals surface area contributed by atoms with Crippen LogP contribution in [0.3, 0.4) is 0 Å². The highest BCUT2D eigenvalue weighted by Gasteiger charge is 2.32. The number of hydrogen-bond acceptors (Lipinski definition) is 2. The average molecular weight is 316 g/mol. The van der Waals surface area contributed by atoms with E-state index in [4.69, 9.17) is 11.6 Å². The molecular formula is C15H22ClNO2S. The maximum Gasteiger partial charge on any atom is 0.241 e. The van der Waals surface area contributed by atoms with E-state index in [-0.39, 0.29) is 23.3 Å². The van der Waals surface area contributed by atoms with Crippen molar-refractivity contribution < 1.29 is 8.42 Å². The molecule has 1 N–H and O–H groups in total. The van der Waals surface area contributed by atoms with Crippen molar-refractivity contribution in [1.29, 1.82) is 0 Å². The van der Waals surface area contributed by atoms with Crippen molar-refractivity contribution in [1.82, 2.24) is 4.72 Å². The Bertz CT molecular complexity index is 557. The number of nitrogens with one attached hydrogen (secondary N) is 1. The average Bonchev–Trinajstić information content (AvgIpc) is 3.11. The van der Waals surface area contributed by atoms with Gasteiger partial charge in [0, 0.05) is 17.3 Å². The van der Waals surface area contributed by atoms with Gasteiger partial charge in [0.15, 0.2) is 0 Å². The van der Waals surface area contributed by atoms with E-state index in [9.17, 15) is 8.42 Å². The number of halogens is 1. The SMILES string of the molecule is CC(C)C(c1ccccc1S(=O)(=O)NC1CC1)C(C)Cl. The summed E-state index contributed by atoms with van der Waals surface area (Å²) < 4.78 is 27.7. The van der Waals surface area contributed by atoms with Crippen LogP contribution in [0.25, 0.3) is 0 Å². The molecule has 5 heteroatoms. The van der Waals surface area contributed by atoms with Crippen LogP contribution < -0.4 is 4.72 Å². The molecule has 0 saturated heterocycles. The minimum atomic E-state index is -3.45. The van der Waals surface area contributed by atoms with Gasteiger partial charge in [0.2, 0.25) is 10.0 Å². The molecule has 1 aliphatic rings. The van der Waals surface area contributed by atoms with E-state index in [0.717, 1.165) is 18.4 Å². The molecule has 0 radical (unpaired) electrons. The fourth-order valence-corrected chi connectivity index (χ4v) is 4.62. The fourth-order valence-electron chi connectivity index (χ4n) is 2.62. The predicted octanol–water partition coefficient (Wildman–Crippen LogP) is 3.49. The molecule has 3 nitrogen and oxygen atoms in total. The van der Waals surface area contributed by atoms with Crippen molar-refractivity contribution >= 4 is 21.6 Å². The number of sulfonamides is 1. The van der Waals surface area contributed by atoms with Gasteiger partial charge in [-0.3, -0.25) is 0 Å². The standard InChI is InChI=1S/C15H22ClNO2S/c1-10(2)15(11(3)16)13-6-4-5-7-14(13)20(18,19)17-12-8-9-12/h4-7,10-12,15,17H,8-9H2,1-3H3. The summed E-state index contributed by atoms with van der Waals surface area (Å²) in [6.45, 7) is 6.06. The molecule has 20 heavy (non-hydrogen) atoms. The van der Waals surface area contributed by atoms with E-state index >= 15 is 0 Å². The Morgan fingerprint density at radius 1 is 1.20 bits per heavy atom. The maximum atomic E-state index is 12.5. The van der Waals surface area contributed by atoms with Crippen LogP contribution in [-0.4, -0.2) is 19.8 Å². The molecule has 1 saturated carbocycles. The van der Waals surface area contributed by atoms with Crippen molar-refractivity contribution in [2.24, 2.45) is 5.92 Å². The van der Waals surface area contributed by atoms with Gasteiger partial charge in [-0.05, 0) is 37.3 Å². The summed E-state index contributed by atoms with van der Waals surface area (Å²) in [5, 5.41) is -0.118. The van der Waals surface area contributed by atoms with Crippen molar-refractivity contribution in [2.75, 3.05) is 0 Å². The Morgan fingerprint density at radius 3 is 2.30 bits per heavy atom. The Hall–Kier alpha value is -0.580. The Morgan fingerprint density at radius 2 is 1.80 bits per heavy atom. The summed E-state index contributed by atoms with van der Waals surface area (Å²) in [5.74, 6) is 0.295. The van der Waals surface area contributed by atoms with Crippen molar-refractivity contribution in [3.63, 3.8) is 0 Å². The molecule has 2 unspecified atom stereocenters. The van der Waals surface area contributed by atoms with Crippen molar-refractivity contribution in [3.05, 3.63) is 29.8 Å². The Labute approximate surface area is 126 Å². The van der Waals surface area contributed by atoms with Gasteiger partial charge in [0.25, 0.3) is 0 Å². The zero-order valence-corrected chi connectivity index (χ0v) is 13.7. The summed E-state index contributed by atoms with van der Waals surface area (Å²) in [6.07, 6.45) is 1.86. The van der Waals surface area contributed by atoms with Crippen LogP contribution in [0.2, 0.25) is 0 Å². The smallest absolute Gasteiger partial charge is 0.208 e. The molecule has 1 aromatic rings. The first-order chi connectivity index (χ1) is 9.33. The topological polar surface area (TPSA) is 46.2 Å². The molecule has 2 atom stereocenters. The third-order valence-corrected chi connectivity index (χ3v) is 5.55. The molecular weight excluding hydrogens is 294 g/mol. The van der Waals surface area contributed by atoms with E-state index in [0.29, 0.717) is 4.90 Å². The molecule has 1 aliphatic carbocycles. The van der Waals surface area contributed by atoms with Gasteiger partial charge in [-0.15, -0.1) is 11.6 Å². The van der Waals surface area contributed by atoms with Crippen LogP contribution in [0.4, 0.5) is 0 Å². The molecule has 0 aromatic heterocycles. The van der Waals surface area contributed by atoms with Crippen LogP contribution >= 0.6 is 11.6 Å². The molecule has 0 aliphatic heterocycles. The lowest BCUT2D eigenvalue weighted by Crippen LogP contribution is -2.28. The van der Waals surface area contributed by atoms with Gasteiger partial charge >= 0.3 is 0 Å². The molecule has 0 amide bonds. The quantitative estimate of drug-likeness (QED) is 0.817. The summed E-state index contributed by atoms with van der Waals surface area (Å²) in [6, 6.07) is 7.31. The second-order valence-corrected chi connectivity index (χ2v) is 8.25. The first-order valence-electron chi connectivity index (χ1n) is 7.08. The van der Waals surface area contributed by atoms with Crippen LogP contribution in [0.15, 0.2) is 29.2 Å². The summed E-state index contributed by atoms with van der Waals surface area (Å²) in [5.41, 5.74) is 0.818. The summed E-state index contributed by atoms with van der Waals surface area (Å²) in [4.78, 5) is 0.373. The maximum absolute atomic E-state index is 12.5. The van der Waals surface area contributed by atoms with Gasteiger partial charge in [-0.25, -0.2) is 13.1 Å². The summed E-state index contributed by atoms with van der Waals surface area (Å²) in [7, 11) is -3.45. The van der Waals surface area contributed by atoms with Crippen LogP contribution in [0, 0.1) is 5.92 Å². The number of hydrogen-bond donors (Lipinski definition) is 1. The molecule has 112 valence electrons. The monoisotopic (exact) mass is 315 g/mol. The van der Waals surface area contributed by atoms with Gasteiger partial charge in [0.05, 0.1) is 4.90 Å². The van der Waals surface area contributed by atoms with Crippen molar-refractivity contribution in [3.8, 4) is 0 Å². The first kappa shape index (κ1) is 15.8. The second-order valence-electron chi connectivity index (χ2n) is 5.88. The zero-order valence-electron chi connectivity index (χ0n) is 12.1. The second kappa shape index (κ2) is 6.04. The lowest BCUT2D eigenvalue weighted by Gasteiger charge is -2.26. The minimum absolute atomic E-state index is 0.0173. The molecule has 2 rings (SSSR count). The van der Waals surface area contributed by atoms with Gasteiger partial charge in [-0.1, -0.05) is 32.0 Å². The van der Waals surface area contributed by atoms with Crippen LogP contribution in [-0.2, 0) is 10.0 Å². The lowest BCUT2D eigenvalue weighted by molar-refractivity contribution is 0.482. The molecule has 1 fully saturated rings. The predicted molar refractivity (Wildman–Crippen MR) is 82.7 cm³/mol. The highest BCUT2D eigenvalue weighted by atomic mass is 35.5. The normalized spacial score (nSPS) is 19.1. The Kier molecular flexibility index (Phi) is 4.77.